The fourth-order valence-electron chi connectivity index (χ4n) is 4.17. The molecule has 6 heteroatoms. The quantitative estimate of drug-likeness (QED) is 0.244. The molecule has 0 radical (unpaired) electrons. The smallest absolute Gasteiger partial charge is 0.146 e. The maximum absolute atomic E-state index is 9.04. The minimum atomic E-state index is 0.0712. The Balaban J connectivity index is 1.48. The fourth-order valence-corrected chi connectivity index (χ4v) is 5.23. The van der Waals surface area contributed by atoms with Gasteiger partial charge in [0.25, 0.3) is 0 Å². The van der Waals surface area contributed by atoms with Crippen LogP contribution in [0.4, 0.5) is 17.2 Å². The van der Waals surface area contributed by atoms with Gasteiger partial charge in [0, 0.05) is 27.4 Å². The maximum atomic E-state index is 9.04. The SMILES string of the molecule is N#CC(C#N)=Cc1cc2oc3cc(N(c4ccccc4)c4ccc5ccccc5n4)ccc3c2s1. The van der Waals surface area contributed by atoms with Crippen molar-refractivity contribution in [3.8, 4) is 12.1 Å². The van der Waals surface area contributed by atoms with Crippen LogP contribution in [-0.2, 0) is 0 Å². The summed E-state index contributed by atoms with van der Waals surface area (Å²) in [6, 6.07) is 34.1. The summed E-state index contributed by atoms with van der Waals surface area (Å²) in [4.78, 5) is 7.86. The standard InChI is InChI=1S/C29H16N4OS/c30-17-19(18-31)14-23-16-27-29(35-23)24-12-11-22(15-26(24)34-27)33(21-7-2-1-3-8-21)28-13-10-20-6-4-5-9-25(20)32-28/h1-16H. The first kappa shape index (κ1) is 20.7. The average Bonchev–Trinajstić information content (AvgIpc) is 3.45. The zero-order valence-corrected chi connectivity index (χ0v) is 19.2. The molecule has 0 aliphatic carbocycles. The summed E-state index contributed by atoms with van der Waals surface area (Å²) in [6.07, 6.45) is 1.59. The van der Waals surface area contributed by atoms with Crippen LogP contribution in [0.15, 0.2) is 101 Å². The Bertz CT molecular complexity index is 1820. The monoisotopic (exact) mass is 468 g/mol. The molecule has 0 bridgehead atoms. The van der Waals surface area contributed by atoms with Gasteiger partial charge in [-0.05, 0) is 54.6 Å². The lowest BCUT2D eigenvalue weighted by atomic mass is 10.1. The minimum absolute atomic E-state index is 0.0712. The molecule has 3 heterocycles. The molecule has 164 valence electrons. The number of allylic oxidation sites excluding steroid dienone is 1. The first-order chi connectivity index (χ1) is 17.2. The van der Waals surface area contributed by atoms with Crippen molar-refractivity contribution >= 4 is 66.8 Å². The molecule has 0 fully saturated rings. The molecule has 0 amide bonds. The van der Waals surface area contributed by atoms with Crippen LogP contribution in [0.25, 0.3) is 38.2 Å². The molecule has 6 aromatic rings. The van der Waals surface area contributed by atoms with Crippen LogP contribution in [0, 0.1) is 22.7 Å². The van der Waals surface area contributed by atoms with Gasteiger partial charge >= 0.3 is 0 Å². The van der Waals surface area contributed by atoms with Crippen LogP contribution >= 0.6 is 11.3 Å². The number of furan rings is 1. The number of fused-ring (bicyclic) bond motifs is 4. The highest BCUT2D eigenvalue weighted by Gasteiger charge is 2.17. The van der Waals surface area contributed by atoms with Crippen molar-refractivity contribution in [1.82, 2.24) is 4.98 Å². The van der Waals surface area contributed by atoms with E-state index in [1.54, 1.807) is 6.08 Å². The van der Waals surface area contributed by atoms with Crippen molar-refractivity contribution < 1.29 is 4.42 Å². The third kappa shape index (κ3) is 3.69. The van der Waals surface area contributed by atoms with Crippen LogP contribution in [0.5, 0.6) is 0 Å². The number of hydrogen-bond donors (Lipinski definition) is 0. The van der Waals surface area contributed by atoms with Crippen molar-refractivity contribution in [3.63, 3.8) is 0 Å². The van der Waals surface area contributed by atoms with Gasteiger partial charge in [-0.1, -0.05) is 36.4 Å². The Morgan fingerprint density at radius 2 is 1.63 bits per heavy atom. The summed E-state index contributed by atoms with van der Waals surface area (Å²) in [6.45, 7) is 0. The number of para-hydroxylation sites is 2. The first-order valence-corrected chi connectivity index (χ1v) is 11.7. The zero-order valence-electron chi connectivity index (χ0n) is 18.3. The summed E-state index contributed by atoms with van der Waals surface area (Å²) in [7, 11) is 0. The van der Waals surface area contributed by atoms with E-state index in [1.807, 2.05) is 72.8 Å². The molecule has 0 aliphatic heterocycles. The van der Waals surface area contributed by atoms with Gasteiger partial charge in [-0.2, -0.15) is 10.5 Å². The van der Waals surface area contributed by atoms with E-state index in [0.717, 1.165) is 54.2 Å². The predicted octanol–water partition coefficient (Wildman–Crippen LogP) is 8.10. The summed E-state index contributed by atoms with van der Waals surface area (Å²) in [5.74, 6) is 0.815. The maximum Gasteiger partial charge on any atom is 0.146 e. The van der Waals surface area contributed by atoms with Gasteiger partial charge in [0.2, 0.25) is 0 Å². The molecule has 6 rings (SSSR count). The van der Waals surface area contributed by atoms with Crippen LogP contribution in [0.1, 0.15) is 4.88 Å². The molecule has 3 aromatic carbocycles. The minimum Gasteiger partial charge on any atom is -0.455 e. The molecule has 0 saturated heterocycles. The first-order valence-electron chi connectivity index (χ1n) is 10.9. The molecule has 0 saturated carbocycles. The summed E-state index contributed by atoms with van der Waals surface area (Å²) >= 11 is 1.50. The fraction of sp³-hybridized carbons (Fsp3) is 0. The van der Waals surface area contributed by atoms with Crippen molar-refractivity contribution in [2.75, 3.05) is 4.90 Å². The second kappa shape index (κ2) is 8.46. The van der Waals surface area contributed by atoms with Gasteiger partial charge in [0.15, 0.2) is 0 Å². The van der Waals surface area contributed by atoms with Gasteiger partial charge in [0.1, 0.15) is 34.7 Å². The van der Waals surface area contributed by atoms with Crippen LogP contribution < -0.4 is 4.90 Å². The molecular weight excluding hydrogens is 452 g/mol. The lowest BCUT2D eigenvalue weighted by molar-refractivity contribution is 0.670. The molecular formula is C29H16N4OS. The number of pyridine rings is 1. The Morgan fingerprint density at radius 1 is 0.829 bits per heavy atom. The molecule has 0 unspecified atom stereocenters. The number of nitrogens with zero attached hydrogens (tertiary/aromatic N) is 4. The Hall–Kier alpha value is -4.91. The van der Waals surface area contributed by atoms with E-state index in [4.69, 9.17) is 19.9 Å². The van der Waals surface area contributed by atoms with Crippen LogP contribution in [0.2, 0.25) is 0 Å². The van der Waals surface area contributed by atoms with Crippen molar-refractivity contribution in [2.24, 2.45) is 0 Å². The van der Waals surface area contributed by atoms with Crippen molar-refractivity contribution in [3.05, 3.63) is 101 Å². The number of aromatic nitrogens is 1. The van der Waals surface area contributed by atoms with E-state index < -0.39 is 0 Å². The number of anilines is 3. The predicted molar refractivity (Wildman–Crippen MR) is 141 cm³/mol. The van der Waals surface area contributed by atoms with Gasteiger partial charge < -0.3 is 4.42 Å². The van der Waals surface area contributed by atoms with E-state index in [-0.39, 0.29) is 5.57 Å². The third-order valence-electron chi connectivity index (χ3n) is 5.76. The van der Waals surface area contributed by atoms with E-state index in [2.05, 4.69) is 35.2 Å². The topological polar surface area (TPSA) is 76.8 Å². The summed E-state index contributed by atoms with van der Waals surface area (Å²) < 4.78 is 7.17. The van der Waals surface area contributed by atoms with Gasteiger partial charge in [-0.3, -0.25) is 4.90 Å². The van der Waals surface area contributed by atoms with E-state index >= 15 is 0 Å². The second-order valence-corrected chi connectivity index (χ2v) is 9.02. The van der Waals surface area contributed by atoms with Crippen molar-refractivity contribution in [1.29, 1.82) is 10.5 Å². The Kier molecular flexibility index (Phi) is 5.00. The molecule has 3 aromatic heterocycles. The number of thiophene rings is 1. The molecule has 0 atom stereocenters. The molecule has 35 heavy (non-hydrogen) atoms. The number of hydrogen-bond acceptors (Lipinski definition) is 6. The van der Waals surface area contributed by atoms with E-state index in [9.17, 15) is 0 Å². The van der Waals surface area contributed by atoms with Gasteiger partial charge in [0.05, 0.1) is 15.9 Å². The molecule has 0 N–H and O–H groups in total. The second-order valence-electron chi connectivity index (χ2n) is 7.94. The van der Waals surface area contributed by atoms with Crippen LogP contribution in [0.3, 0.4) is 0 Å². The molecule has 5 nitrogen and oxygen atoms in total. The van der Waals surface area contributed by atoms with Gasteiger partial charge in [-0.15, -0.1) is 11.3 Å². The molecule has 0 spiro atoms. The number of benzene rings is 3. The van der Waals surface area contributed by atoms with Gasteiger partial charge in [-0.25, -0.2) is 4.98 Å². The highest BCUT2D eigenvalue weighted by Crippen LogP contribution is 2.40. The lowest BCUT2D eigenvalue weighted by Gasteiger charge is -2.24. The van der Waals surface area contributed by atoms with Crippen LogP contribution in [-0.4, -0.2) is 4.98 Å². The Morgan fingerprint density at radius 3 is 2.46 bits per heavy atom. The highest BCUT2D eigenvalue weighted by atomic mass is 32.1. The molecule has 0 aliphatic rings. The third-order valence-corrected chi connectivity index (χ3v) is 6.86. The zero-order chi connectivity index (χ0) is 23.8. The lowest BCUT2D eigenvalue weighted by Crippen LogP contribution is -2.11. The summed E-state index contributed by atoms with van der Waals surface area (Å²) in [5.41, 5.74) is 4.43. The average molecular weight is 469 g/mol. The summed E-state index contributed by atoms with van der Waals surface area (Å²) in [5, 5.41) is 20.2. The normalized spacial score (nSPS) is 10.8. The highest BCUT2D eigenvalue weighted by molar-refractivity contribution is 7.20. The largest absolute Gasteiger partial charge is 0.455 e. The van der Waals surface area contributed by atoms with Crippen molar-refractivity contribution in [2.45, 2.75) is 0 Å². The van der Waals surface area contributed by atoms with E-state index in [0.29, 0.717) is 0 Å². The Labute approximate surface area is 205 Å². The van der Waals surface area contributed by atoms with E-state index in [1.165, 1.54) is 11.3 Å². The number of rotatable bonds is 4. The number of nitriles is 2.